The lowest BCUT2D eigenvalue weighted by Crippen LogP contribution is -2.42. The highest BCUT2D eigenvalue weighted by Gasteiger charge is 2.26. The van der Waals surface area contributed by atoms with Crippen LogP contribution in [0.15, 0.2) is 29.2 Å². The predicted octanol–water partition coefficient (Wildman–Crippen LogP) is 1.49. The molecule has 3 amide bonds. The van der Waals surface area contributed by atoms with E-state index >= 15 is 0 Å². The number of amides is 3. The molecular weight excluding hydrogens is 474 g/mol. The van der Waals surface area contributed by atoms with Crippen molar-refractivity contribution in [3.63, 3.8) is 0 Å². The van der Waals surface area contributed by atoms with E-state index in [2.05, 4.69) is 44.7 Å². The minimum absolute atomic E-state index is 0.0168. The van der Waals surface area contributed by atoms with Crippen molar-refractivity contribution in [2.45, 2.75) is 57.5 Å². The molecule has 2 atom stereocenters. The van der Waals surface area contributed by atoms with Crippen LogP contribution in [0.4, 0.5) is 0 Å². The lowest BCUT2D eigenvalue weighted by molar-refractivity contribution is -0.134. The van der Waals surface area contributed by atoms with E-state index in [0.29, 0.717) is 18.5 Å². The van der Waals surface area contributed by atoms with E-state index in [0.717, 1.165) is 56.4 Å². The van der Waals surface area contributed by atoms with Crippen LogP contribution in [0.25, 0.3) is 11.0 Å². The van der Waals surface area contributed by atoms with E-state index in [9.17, 15) is 19.2 Å². The van der Waals surface area contributed by atoms with Gasteiger partial charge in [0.1, 0.15) is 5.82 Å². The van der Waals surface area contributed by atoms with Crippen molar-refractivity contribution >= 4 is 29.3 Å². The van der Waals surface area contributed by atoms with Crippen LogP contribution < -0.4 is 16.2 Å². The molecule has 0 saturated carbocycles. The van der Waals surface area contributed by atoms with Gasteiger partial charge in [0.05, 0.1) is 24.6 Å². The van der Waals surface area contributed by atoms with Crippen molar-refractivity contribution in [2.75, 3.05) is 40.3 Å². The minimum atomic E-state index is -0.324. The van der Waals surface area contributed by atoms with Gasteiger partial charge in [-0.2, -0.15) is 0 Å². The Balaban J connectivity index is 1.37. The zero-order valence-corrected chi connectivity index (χ0v) is 22.0. The number of likely N-dealkylation sites (N-methyl/N-ethyl adjacent to an activating group) is 1. The molecule has 2 aromatic heterocycles. The van der Waals surface area contributed by atoms with Crippen molar-refractivity contribution in [3.8, 4) is 0 Å². The van der Waals surface area contributed by atoms with E-state index in [1.807, 2.05) is 19.2 Å². The number of imidazole rings is 1. The van der Waals surface area contributed by atoms with Crippen LogP contribution in [0.3, 0.4) is 0 Å². The van der Waals surface area contributed by atoms with Crippen LogP contribution >= 0.6 is 0 Å². The number of fused-ring (bicyclic) bond motifs is 1. The zero-order valence-electron chi connectivity index (χ0n) is 22.0. The second kappa shape index (κ2) is 13.7. The van der Waals surface area contributed by atoms with E-state index in [-0.39, 0.29) is 42.5 Å². The number of allylic oxidation sites excluding steroid dienone is 2. The number of unbranched alkanes of at least 4 members (excludes halogenated alkanes) is 2. The number of carbonyl (C=O) groups excluding carboxylic acids is 3. The number of aromatic nitrogens is 3. The maximum atomic E-state index is 13.1. The first-order valence-corrected chi connectivity index (χ1v) is 13.0. The van der Waals surface area contributed by atoms with Crippen molar-refractivity contribution in [3.05, 3.63) is 40.6 Å². The molecule has 11 nitrogen and oxygen atoms in total. The SMILES string of the molecule is CC(C/C=C\CCCCNC(=O)CN(C)C(=O)CNC=O)n1ccc2[nH]c(C3CCCN3C)nc2c1=O. The van der Waals surface area contributed by atoms with Crippen LogP contribution in [-0.2, 0) is 14.4 Å². The van der Waals surface area contributed by atoms with Gasteiger partial charge >= 0.3 is 0 Å². The number of nitrogens with one attached hydrogen (secondary N) is 3. The first kappa shape index (κ1) is 28.1. The minimum Gasteiger partial charge on any atom is -0.355 e. The average Bonchev–Trinajstić information content (AvgIpc) is 3.50. The molecule has 202 valence electrons. The van der Waals surface area contributed by atoms with E-state index in [4.69, 9.17) is 0 Å². The summed E-state index contributed by atoms with van der Waals surface area (Å²) in [4.78, 5) is 58.5. The van der Waals surface area contributed by atoms with Gasteiger partial charge in [0.2, 0.25) is 18.2 Å². The number of H-pyrrole nitrogens is 1. The van der Waals surface area contributed by atoms with Gasteiger partial charge in [-0.1, -0.05) is 12.2 Å². The van der Waals surface area contributed by atoms with Crippen LogP contribution in [-0.4, -0.2) is 82.8 Å². The van der Waals surface area contributed by atoms with Crippen molar-refractivity contribution in [1.82, 2.24) is 35.0 Å². The molecule has 1 fully saturated rings. The molecule has 2 aromatic rings. The summed E-state index contributed by atoms with van der Waals surface area (Å²) in [5.74, 6) is 0.323. The molecule has 3 N–H and O–H groups in total. The van der Waals surface area contributed by atoms with Gasteiger partial charge in [-0.05, 0) is 65.1 Å². The summed E-state index contributed by atoms with van der Waals surface area (Å²) in [5, 5.41) is 5.09. The first-order valence-electron chi connectivity index (χ1n) is 13.0. The Labute approximate surface area is 217 Å². The van der Waals surface area contributed by atoms with Crippen molar-refractivity contribution < 1.29 is 14.4 Å². The number of rotatable bonds is 14. The topological polar surface area (TPSA) is 132 Å². The van der Waals surface area contributed by atoms with Crippen LogP contribution in [0.5, 0.6) is 0 Å². The molecule has 3 heterocycles. The molecular formula is C26H39N7O4. The summed E-state index contributed by atoms with van der Waals surface area (Å²) in [6, 6.07) is 2.20. The summed E-state index contributed by atoms with van der Waals surface area (Å²) in [7, 11) is 3.61. The predicted molar refractivity (Wildman–Crippen MR) is 142 cm³/mol. The van der Waals surface area contributed by atoms with Gasteiger partial charge in [0.25, 0.3) is 5.56 Å². The summed E-state index contributed by atoms with van der Waals surface area (Å²) < 4.78 is 1.75. The Kier molecular flexibility index (Phi) is 10.4. The van der Waals surface area contributed by atoms with Crippen LogP contribution in [0, 0.1) is 0 Å². The van der Waals surface area contributed by atoms with Gasteiger partial charge in [-0.25, -0.2) is 4.98 Å². The van der Waals surface area contributed by atoms with Gasteiger partial charge in [-0.15, -0.1) is 0 Å². The summed E-state index contributed by atoms with van der Waals surface area (Å²) in [6.07, 6.45) is 12.1. The number of hydrogen-bond acceptors (Lipinski definition) is 6. The molecule has 0 bridgehead atoms. The highest BCUT2D eigenvalue weighted by molar-refractivity contribution is 5.86. The van der Waals surface area contributed by atoms with Gasteiger partial charge in [0, 0.05) is 25.8 Å². The van der Waals surface area contributed by atoms with E-state index in [1.165, 1.54) is 11.9 Å². The third-order valence-corrected chi connectivity index (χ3v) is 6.81. The third-order valence-electron chi connectivity index (χ3n) is 6.81. The lowest BCUT2D eigenvalue weighted by atomic mass is 10.1. The molecule has 0 radical (unpaired) electrons. The largest absolute Gasteiger partial charge is 0.355 e. The molecule has 0 aromatic carbocycles. The highest BCUT2D eigenvalue weighted by Crippen LogP contribution is 2.29. The standard InChI is InChI=1S/C26H39N7O4/c1-19(10-7-5-4-6-8-13-28-22(35)17-32(3)23(36)16-27-18-34)33-15-12-20-24(26(33)37)30-25(29-20)21-11-9-14-31(21)2/h5,7,12,15,18-19,21H,4,6,8-11,13-14,16-17H2,1-3H3,(H,27,34)(H,28,35)(H,29,30)/b7-5-. The molecule has 0 spiro atoms. The molecule has 37 heavy (non-hydrogen) atoms. The molecule has 11 heteroatoms. The van der Waals surface area contributed by atoms with Gasteiger partial charge in [0.15, 0.2) is 5.52 Å². The molecule has 1 saturated heterocycles. The Morgan fingerprint density at radius 2 is 2.14 bits per heavy atom. The second-order valence-corrected chi connectivity index (χ2v) is 9.70. The maximum absolute atomic E-state index is 13.1. The normalized spacial score (nSPS) is 16.8. The number of likely N-dealkylation sites (tertiary alicyclic amines) is 1. The van der Waals surface area contributed by atoms with E-state index < -0.39 is 0 Å². The zero-order chi connectivity index (χ0) is 26.8. The summed E-state index contributed by atoms with van der Waals surface area (Å²) in [6.45, 7) is 3.45. The second-order valence-electron chi connectivity index (χ2n) is 9.70. The number of pyridine rings is 1. The fraction of sp³-hybridized carbons (Fsp3) is 0.577. The summed E-state index contributed by atoms with van der Waals surface area (Å²) in [5.41, 5.74) is 1.23. The van der Waals surface area contributed by atoms with E-state index in [1.54, 1.807) is 4.57 Å². The van der Waals surface area contributed by atoms with Crippen LogP contribution in [0.1, 0.15) is 63.4 Å². The quantitative estimate of drug-likeness (QED) is 0.199. The number of aromatic amines is 1. The Morgan fingerprint density at radius 3 is 2.86 bits per heavy atom. The fourth-order valence-corrected chi connectivity index (χ4v) is 4.56. The molecule has 3 rings (SSSR count). The molecule has 1 aliphatic rings. The number of hydrogen-bond donors (Lipinski definition) is 3. The highest BCUT2D eigenvalue weighted by atomic mass is 16.2. The Hall–Kier alpha value is -3.47. The fourth-order valence-electron chi connectivity index (χ4n) is 4.56. The summed E-state index contributed by atoms with van der Waals surface area (Å²) >= 11 is 0. The lowest BCUT2D eigenvalue weighted by Gasteiger charge is -2.16. The molecule has 0 aliphatic carbocycles. The first-order chi connectivity index (χ1) is 17.8. The third kappa shape index (κ3) is 7.75. The van der Waals surface area contributed by atoms with Gasteiger partial charge < -0.3 is 25.1 Å². The number of carbonyl (C=O) groups is 3. The average molecular weight is 514 g/mol. The molecule has 1 aliphatic heterocycles. The molecule has 2 unspecified atom stereocenters. The Bertz CT molecular complexity index is 1160. The van der Waals surface area contributed by atoms with Crippen molar-refractivity contribution in [2.24, 2.45) is 0 Å². The maximum Gasteiger partial charge on any atom is 0.278 e. The van der Waals surface area contributed by atoms with Crippen molar-refractivity contribution in [1.29, 1.82) is 0 Å². The van der Waals surface area contributed by atoms with Crippen LogP contribution in [0.2, 0.25) is 0 Å². The number of nitrogens with zero attached hydrogens (tertiary/aromatic N) is 4. The monoisotopic (exact) mass is 513 g/mol. The van der Waals surface area contributed by atoms with Gasteiger partial charge in [-0.3, -0.25) is 24.1 Å². The smallest absolute Gasteiger partial charge is 0.278 e. The Morgan fingerprint density at radius 1 is 1.32 bits per heavy atom.